The molecule has 28 heavy (non-hydrogen) atoms. The molecule has 1 aromatic carbocycles. The molecule has 1 heterocycles. The predicted octanol–water partition coefficient (Wildman–Crippen LogP) is 5.71. The van der Waals surface area contributed by atoms with Gasteiger partial charge in [-0.1, -0.05) is 29.3 Å². The summed E-state index contributed by atoms with van der Waals surface area (Å²) in [5.41, 5.74) is -1.85. The first-order valence-electron chi connectivity index (χ1n) is 8.46. The Morgan fingerprint density at radius 1 is 1.14 bits per heavy atom. The Bertz CT molecular complexity index is 926. The monoisotopic (exact) mass is 426 g/mol. The maximum absolute atomic E-state index is 14.1. The molecular weight excluding hydrogens is 406 g/mol. The number of halogens is 3. The number of carbonyl (C=O) groups is 2. The highest BCUT2D eigenvalue weighted by molar-refractivity contribution is 6.31. The number of Topliss-reactive ketones (excluding diaryl/α,β-unsaturated/α-hetero) is 1. The lowest BCUT2D eigenvalue weighted by Gasteiger charge is -2.46. The summed E-state index contributed by atoms with van der Waals surface area (Å²) in [6, 6.07) is 5.38. The maximum atomic E-state index is 14.1. The molecule has 0 radical (unpaired) electrons. The minimum atomic E-state index is -1.69. The number of amides is 1. The lowest BCUT2D eigenvalue weighted by atomic mass is 9.80. The molecule has 1 N–H and O–H groups in total. The van der Waals surface area contributed by atoms with E-state index < -0.39 is 28.8 Å². The first-order chi connectivity index (χ1) is 12.8. The summed E-state index contributed by atoms with van der Waals surface area (Å²) in [6.45, 7) is 8.11. The molecule has 0 saturated carbocycles. The largest absolute Gasteiger partial charge is 0.465 e. The third-order valence-corrected chi connectivity index (χ3v) is 5.07. The second-order valence-corrected chi connectivity index (χ2v) is 8.44. The van der Waals surface area contributed by atoms with Crippen LogP contribution in [0.5, 0.6) is 0 Å². The lowest BCUT2D eigenvalue weighted by molar-refractivity contribution is 0.0213. The molecule has 0 bridgehead atoms. The van der Waals surface area contributed by atoms with E-state index in [2.05, 4.69) is 4.98 Å². The fraction of sp³-hybridized carbons (Fsp3) is 0.350. The van der Waals surface area contributed by atoms with Crippen LogP contribution >= 0.6 is 23.2 Å². The van der Waals surface area contributed by atoms with Crippen LogP contribution < -0.4 is 0 Å². The van der Waals surface area contributed by atoms with Crippen LogP contribution in [0.4, 0.5) is 9.18 Å². The average Bonchev–Trinajstić information content (AvgIpc) is 2.56. The highest BCUT2D eigenvalue weighted by Gasteiger charge is 2.49. The van der Waals surface area contributed by atoms with Gasteiger partial charge in [-0.2, -0.15) is 0 Å². The summed E-state index contributed by atoms with van der Waals surface area (Å²) >= 11 is 11.7. The molecule has 0 fully saturated rings. The zero-order valence-corrected chi connectivity index (χ0v) is 17.7. The second kappa shape index (κ2) is 7.68. The Hall–Kier alpha value is -2.18. The quantitative estimate of drug-likeness (QED) is 0.501. The summed E-state index contributed by atoms with van der Waals surface area (Å²) in [5, 5.41) is 10.0. The number of benzene rings is 1. The van der Waals surface area contributed by atoms with E-state index in [4.69, 9.17) is 23.2 Å². The van der Waals surface area contributed by atoms with Crippen LogP contribution in [0, 0.1) is 12.7 Å². The molecule has 1 amide bonds. The fourth-order valence-corrected chi connectivity index (χ4v) is 3.66. The summed E-state index contributed by atoms with van der Waals surface area (Å²) in [4.78, 5) is 30.9. The van der Waals surface area contributed by atoms with Crippen molar-refractivity contribution in [3.63, 3.8) is 0 Å². The van der Waals surface area contributed by atoms with Crippen LogP contribution in [0.15, 0.2) is 30.5 Å². The smallest absolute Gasteiger partial charge is 0.408 e. The van der Waals surface area contributed by atoms with Gasteiger partial charge in [0, 0.05) is 22.9 Å². The van der Waals surface area contributed by atoms with Gasteiger partial charge in [-0.3, -0.25) is 9.69 Å². The number of aryl methyl sites for hydroxylation is 1. The molecule has 5 nitrogen and oxygen atoms in total. The Kier molecular flexibility index (Phi) is 6.07. The standard InChI is InChI=1S/C20H21Cl2FN2O3/c1-11-8-14(21)15(23)9-13(11)17(26)20(5,12-6-7-16(22)24-10-12)25(18(27)28)19(2,3)4/h6-10H,1-5H3,(H,27,28). The average molecular weight is 427 g/mol. The minimum Gasteiger partial charge on any atom is -0.465 e. The SMILES string of the molecule is Cc1cc(Cl)c(F)cc1C(=O)C(C)(c1ccc(Cl)nc1)N(C(=O)O)C(C)(C)C. The van der Waals surface area contributed by atoms with Crippen molar-refractivity contribution in [3.8, 4) is 0 Å². The van der Waals surface area contributed by atoms with E-state index >= 15 is 0 Å². The van der Waals surface area contributed by atoms with Crippen molar-refractivity contribution in [2.24, 2.45) is 0 Å². The molecule has 150 valence electrons. The van der Waals surface area contributed by atoms with Crippen LogP contribution in [-0.2, 0) is 5.54 Å². The number of pyridine rings is 1. The predicted molar refractivity (Wildman–Crippen MR) is 107 cm³/mol. The van der Waals surface area contributed by atoms with E-state index in [0.717, 1.165) is 11.0 Å². The second-order valence-electron chi connectivity index (χ2n) is 7.64. The lowest BCUT2D eigenvalue weighted by Crippen LogP contribution is -2.60. The van der Waals surface area contributed by atoms with E-state index in [-0.39, 0.29) is 15.7 Å². The van der Waals surface area contributed by atoms with Gasteiger partial charge < -0.3 is 5.11 Å². The third kappa shape index (κ3) is 3.98. The van der Waals surface area contributed by atoms with Crippen LogP contribution in [0.2, 0.25) is 10.2 Å². The van der Waals surface area contributed by atoms with Crippen LogP contribution in [0.3, 0.4) is 0 Å². The Morgan fingerprint density at radius 2 is 1.75 bits per heavy atom. The summed E-state index contributed by atoms with van der Waals surface area (Å²) < 4.78 is 14.1. The van der Waals surface area contributed by atoms with Gasteiger partial charge in [-0.25, -0.2) is 14.2 Å². The maximum Gasteiger partial charge on any atom is 0.408 e. The number of aromatic nitrogens is 1. The van der Waals surface area contributed by atoms with Crippen LogP contribution in [-0.4, -0.2) is 32.4 Å². The molecule has 0 aliphatic heterocycles. The summed E-state index contributed by atoms with van der Waals surface area (Å²) in [7, 11) is 0. The molecule has 8 heteroatoms. The zero-order chi connectivity index (χ0) is 21.4. The Labute approximate surface area is 173 Å². The van der Waals surface area contributed by atoms with E-state index in [1.54, 1.807) is 27.7 Å². The Balaban J connectivity index is 2.81. The molecule has 0 saturated heterocycles. The highest BCUT2D eigenvalue weighted by Crippen LogP contribution is 2.38. The van der Waals surface area contributed by atoms with Gasteiger partial charge in [0.25, 0.3) is 0 Å². The fourth-order valence-electron chi connectivity index (χ4n) is 3.33. The van der Waals surface area contributed by atoms with E-state index in [9.17, 15) is 19.1 Å². The van der Waals surface area contributed by atoms with Gasteiger partial charge in [-0.15, -0.1) is 0 Å². The molecule has 1 atom stereocenters. The van der Waals surface area contributed by atoms with Crippen molar-refractivity contribution in [1.29, 1.82) is 0 Å². The molecule has 0 aliphatic rings. The van der Waals surface area contributed by atoms with Crippen LogP contribution in [0.1, 0.15) is 49.2 Å². The number of hydrogen-bond acceptors (Lipinski definition) is 3. The third-order valence-electron chi connectivity index (χ3n) is 4.55. The number of ketones is 1. The first-order valence-corrected chi connectivity index (χ1v) is 9.21. The number of carboxylic acid groups (broad SMARTS) is 1. The zero-order valence-electron chi connectivity index (χ0n) is 16.2. The van der Waals surface area contributed by atoms with Crippen molar-refractivity contribution < 1.29 is 19.1 Å². The molecule has 0 aliphatic carbocycles. The molecular formula is C20H21Cl2FN2O3. The minimum absolute atomic E-state index is 0.0369. The van der Waals surface area contributed by atoms with E-state index in [1.807, 2.05) is 0 Å². The van der Waals surface area contributed by atoms with Crippen molar-refractivity contribution in [2.45, 2.75) is 45.7 Å². The summed E-state index contributed by atoms with van der Waals surface area (Å²) in [5.74, 6) is -1.35. The Morgan fingerprint density at radius 3 is 2.21 bits per heavy atom. The van der Waals surface area contributed by atoms with E-state index in [1.165, 1.54) is 31.3 Å². The van der Waals surface area contributed by atoms with Crippen molar-refractivity contribution in [2.75, 3.05) is 0 Å². The topological polar surface area (TPSA) is 70.5 Å². The molecule has 0 spiro atoms. The number of rotatable bonds is 4. The molecule has 2 rings (SSSR count). The van der Waals surface area contributed by atoms with Crippen molar-refractivity contribution in [3.05, 3.63) is 63.1 Å². The van der Waals surface area contributed by atoms with Gasteiger partial charge in [0.1, 0.15) is 16.5 Å². The van der Waals surface area contributed by atoms with Gasteiger partial charge in [0.15, 0.2) is 5.78 Å². The number of carbonyl (C=O) groups excluding carboxylic acids is 1. The van der Waals surface area contributed by atoms with Gasteiger partial charge in [0.2, 0.25) is 0 Å². The van der Waals surface area contributed by atoms with E-state index in [0.29, 0.717) is 11.1 Å². The summed E-state index contributed by atoms with van der Waals surface area (Å²) in [6.07, 6.45) is 0.0502. The van der Waals surface area contributed by atoms with Crippen molar-refractivity contribution in [1.82, 2.24) is 9.88 Å². The highest BCUT2D eigenvalue weighted by atomic mass is 35.5. The molecule has 1 unspecified atom stereocenters. The normalized spacial score (nSPS) is 13.7. The molecule has 2 aromatic rings. The number of nitrogens with zero attached hydrogens (tertiary/aromatic N) is 2. The van der Waals surface area contributed by atoms with Crippen LogP contribution in [0.25, 0.3) is 0 Å². The molecule has 1 aromatic heterocycles. The van der Waals surface area contributed by atoms with Gasteiger partial charge in [-0.05, 0) is 58.4 Å². The van der Waals surface area contributed by atoms with Gasteiger partial charge >= 0.3 is 6.09 Å². The number of hydrogen-bond donors (Lipinski definition) is 1. The first kappa shape index (κ1) is 22.1. The van der Waals surface area contributed by atoms with Gasteiger partial charge in [0.05, 0.1) is 5.02 Å². The van der Waals surface area contributed by atoms with Crippen molar-refractivity contribution >= 4 is 35.1 Å².